The Morgan fingerprint density at radius 1 is 1.12 bits per heavy atom. The molecule has 1 saturated heterocycles. The lowest BCUT2D eigenvalue weighted by molar-refractivity contribution is -0.136. The van der Waals surface area contributed by atoms with Gasteiger partial charge in [-0.05, 0) is 36.6 Å². The molecule has 0 bridgehead atoms. The molecule has 0 radical (unpaired) electrons. The molecule has 11 heteroatoms. The first kappa shape index (κ1) is 21.8. The lowest BCUT2D eigenvalue weighted by Crippen LogP contribution is -2.44. The van der Waals surface area contributed by atoms with Crippen LogP contribution in [0.5, 0.6) is 5.75 Å². The van der Waals surface area contributed by atoms with E-state index in [0.29, 0.717) is 39.5 Å². The molecule has 5 heterocycles. The monoisotopic (exact) mass is 516 g/mol. The third-order valence-corrected chi connectivity index (χ3v) is 9.03. The van der Waals surface area contributed by atoms with Crippen molar-refractivity contribution in [3.63, 3.8) is 0 Å². The molecule has 0 N–H and O–H groups in total. The highest BCUT2D eigenvalue weighted by atomic mass is 35.5. The number of hydrogen-bond donors (Lipinski definition) is 0. The number of fused-ring (bicyclic) bond motifs is 2. The van der Waals surface area contributed by atoms with Crippen molar-refractivity contribution in [3.05, 3.63) is 51.5 Å². The summed E-state index contributed by atoms with van der Waals surface area (Å²) in [6.45, 7) is 2.25. The molecular weight excluding hydrogens is 496 g/mol. The van der Waals surface area contributed by atoms with Crippen LogP contribution in [0, 0.1) is 0 Å². The number of nitrogens with zero attached hydrogens (tertiary/aromatic N) is 4. The molecule has 6 rings (SSSR count). The Balaban J connectivity index is 1.36. The molecule has 1 aromatic carbocycles. The maximum absolute atomic E-state index is 12.5. The SMILES string of the molecule is O=C(COc1ccc2c(c1)N(c1nc(-c3ccc(Cl)s3)nc3c1CS(=O)(=O)C3)CC2)N1CCC1. The van der Waals surface area contributed by atoms with E-state index >= 15 is 0 Å². The largest absolute Gasteiger partial charge is 0.484 e. The van der Waals surface area contributed by atoms with Gasteiger partial charge in [0.05, 0.1) is 26.4 Å². The first-order valence-electron chi connectivity index (χ1n) is 11.0. The van der Waals surface area contributed by atoms with Gasteiger partial charge < -0.3 is 14.5 Å². The normalized spacial score (nSPS) is 17.9. The Morgan fingerprint density at radius 2 is 1.97 bits per heavy atom. The molecule has 1 amide bonds. The van der Waals surface area contributed by atoms with Crippen molar-refractivity contribution in [1.82, 2.24) is 14.9 Å². The third-order valence-electron chi connectivity index (χ3n) is 6.36. The summed E-state index contributed by atoms with van der Waals surface area (Å²) >= 11 is 7.48. The van der Waals surface area contributed by atoms with Gasteiger partial charge in [0, 0.05) is 37.0 Å². The predicted octanol–water partition coefficient (Wildman–Crippen LogP) is 3.59. The van der Waals surface area contributed by atoms with Crippen LogP contribution in [0.1, 0.15) is 23.2 Å². The quantitative estimate of drug-likeness (QED) is 0.511. The van der Waals surface area contributed by atoms with E-state index in [2.05, 4.69) is 4.98 Å². The summed E-state index contributed by atoms with van der Waals surface area (Å²) in [5, 5.41) is 0. The lowest BCUT2D eigenvalue weighted by atomic mass is 10.1. The number of sulfone groups is 1. The topological polar surface area (TPSA) is 92.7 Å². The average molecular weight is 517 g/mol. The Hall–Kier alpha value is -2.69. The maximum atomic E-state index is 12.5. The van der Waals surface area contributed by atoms with Crippen LogP contribution in [0.3, 0.4) is 0 Å². The molecule has 3 aliphatic heterocycles. The molecule has 1 fully saturated rings. The smallest absolute Gasteiger partial charge is 0.260 e. The number of aromatic nitrogens is 2. The van der Waals surface area contributed by atoms with E-state index in [1.807, 2.05) is 29.2 Å². The first-order valence-corrected chi connectivity index (χ1v) is 14.0. The van der Waals surface area contributed by atoms with Crippen LogP contribution in [0.15, 0.2) is 30.3 Å². The van der Waals surface area contributed by atoms with Gasteiger partial charge in [-0.1, -0.05) is 17.7 Å². The minimum absolute atomic E-state index is 0.00320. The van der Waals surface area contributed by atoms with Crippen LogP contribution in [0.4, 0.5) is 11.5 Å². The fraction of sp³-hybridized carbons (Fsp3) is 0.348. The van der Waals surface area contributed by atoms with E-state index in [1.54, 1.807) is 11.0 Å². The number of carbonyl (C=O) groups is 1. The first-order chi connectivity index (χ1) is 16.4. The van der Waals surface area contributed by atoms with Crippen molar-refractivity contribution in [3.8, 4) is 16.5 Å². The fourth-order valence-electron chi connectivity index (χ4n) is 4.50. The summed E-state index contributed by atoms with van der Waals surface area (Å²) in [6, 6.07) is 9.41. The average Bonchev–Trinajstić information content (AvgIpc) is 3.45. The number of halogens is 1. The predicted molar refractivity (Wildman–Crippen MR) is 131 cm³/mol. The van der Waals surface area contributed by atoms with Gasteiger partial charge in [0.1, 0.15) is 11.6 Å². The molecule has 0 aliphatic carbocycles. The standard InChI is InChI=1S/C23H21ClN4O4S2/c24-20-5-4-19(33-20)22-25-17-13-34(30,31)12-16(17)23(26-22)28-9-6-14-2-3-15(10-18(14)28)32-11-21(29)27-7-1-8-27/h2-5,10H,1,6-9,11-13H2. The summed E-state index contributed by atoms with van der Waals surface area (Å²) in [5.41, 5.74) is 3.23. The van der Waals surface area contributed by atoms with Crippen molar-refractivity contribution in [2.75, 3.05) is 31.1 Å². The molecule has 8 nitrogen and oxygen atoms in total. The molecule has 0 atom stereocenters. The number of amides is 1. The van der Waals surface area contributed by atoms with Gasteiger partial charge in [-0.2, -0.15) is 0 Å². The van der Waals surface area contributed by atoms with E-state index in [4.69, 9.17) is 21.3 Å². The summed E-state index contributed by atoms with van der Waals surface area (Å²) < 4.78 is 31.4. The number of ether oxygens (including phenoxy) is 1. The van der Waals surface area contributed by atoms with Gasteiger partial charge in [0.25, 0.3) is 5.91 Å². The van der Waals surface area contributed by atoms with Gasteiger partial charge in [-0.15, -0.1) is 11.3 Å². The van der Waals surface area contributed by atoms with Crippen LogP contribution in [-0.4, -0.2) is 55.4 Å². The van der Waals surface area contributed by atoms with Gasteiger partial charge in [0.2, 0.25) is 0 Å². The maximum Gasteiger partial charge on any atom is 0.260 e. The molecule has 0 saturated carbocycles. The van der Waals surface area contributed by atoms with Crippen LogP contribution < -0.4 is 9.64 Å². The Labute approximate surface area is 206 Å². The van der Waals surface area contributed by atoms with E-state index in [0.717, 1.165) is 42.1 Å². The lowest BCUT2D eigenvalue weighted by Gasteiger charge is -2.30. The number of rotatable bonds is 5. The van der Waals surface area contributed by atoms with Crippen molar-refractivity contribution in [2.24, 2.45) is 0 Å². The second-order valence-electron chi connectivity index (χ2n) is 8.65. The number of thiophene rings is 1. The zero-order valence-corrected chi connectivity index (χ0v) is 20.5. The van der Waals surface area contributed by atoms with Crippen molar-refractivity contribution in [2.45, 2.75) is 24.3 Å². The van der Waals surface area contributed by atoms with Crippen molar-refractivity contribution >= 4 is 50.2 Å². The molecule has 0 unspecified atom stereocenters. The Bertz CT molecular complexity index is 1420. The van der Waals surface area contributed by atoms with Crippen molar-refractivity contribution in [1.29, 1.82) is 0 Å². The van der Waals surface area contributed by atoms with Gasteiger partial charge in [-0.25, -0.2) is 18.4 Å². The zero-order valence-electron chi connectivity index (χ0n) is 18.2. The summed E-state index contributed by atoms with van der Waals surface area (Å²) in [6.07, 6.45) is 1.84. The fourth-order valence-corrected chi connectivity index (χ4v) is 6.97. The number of likely N-dealkylation sites (tertiary alicyclic amines) is 1. The zero-order chi connectivity index (χ0) is 23.4. The molecule has 176 valence electrons. The molecule has 3 aliphatic rings. The highest BCUT2D eigenvalue weighted by Crippen LogP contribution is 2.42. The molecular formula is C23H21ClN4O4S2. The number of carbonyl (C=O) groups excluding carboxylic acids is 1. The number of benzene rings is 1. The Morgan fingerprint density at radius 3 is 2.71 bits per heavy atom. The van der Waals surface area contributed by atoms with E-state index in [-0.39, 0.29) is 24.0 Å². The van der Waals surface area contributed by atoms with E-state index in [1.165, 1.54) is 11.3 Å². The summed E-state index contributed by atoms with van der Waals surface area (Å²) in [4.78, 5) is 26.2. The van der Waals surface area contributed by atoms with Gasteiger partial charge in [-0.3, -0.25) is 4.79 Å². The second-order valence-corrected chi connectivity index (χ2v) is 12.4. The highest BCUT2D eigenvalue weighted by molar-refractivity contribution is 7.90. The van der Waals surface area contributed by atoms with Crippen LogP contribution in [0.25, 0.3) is 10.7 Å². The van der Waals surface area contributed by atoms with Gasteiger partial charge in [0.15, 0.2) is 22.3 Å². The number of hydrogen-bond acceptors (Lipinski definition) is 8. The summed E-state index contributed by atoms with van der Waals surface area (Å²) in [5.74, 6) is 1.51. The molecule has 3 aromatic rings. The third kappa shape index (κ3) is 3.93. The van der Waals surface area contributed by atoms with Crippen LogP contribution in [-0.2, 0) is 32.6 Å². The summed E-state index contributed by atoms with van der Waals surface area (Å²) in [7, 11) is -3.28. The highest BCUT2D eigenvalue weighted by Gasteiger charge is 2.34. The molecule has 2 aromatic heterocycles. The second kappa shape index (κ2) is 8.21. The molecule has 0 spiro atoms. The Kier molecular flexibility index (Phi) is 5.27. The van der Waals surface area contributed by atoms with Crippen molar-refractivity contribution < 1.29 is 17.9 Å². The van der Waals surface area contributed by atoms with Gasteiger partial charge >= 0.3 is 0 Å². The minimum atomic E-state index is -3.28. The van der Waals surface area contributed by atoms with Crippen LogP contribution in [0.2, 0.25) is 4.34 Å². The minimum Gasteiger partial charge on any atom is -0.484 e. The molecule has 34 heavy (non-hydrogen) atoms. The number of anilines is 2. The van der Waals surface area contributed by atoms with E-state index < -0.39 is 9.84 Å². The van der Waals surface area contributed by atoms with Crippen LogP contribution >= 0.6 is 22.9 Å². The van der Waals surface area contributed by atoms with E-state index in [9.17, 15) is 13.2 Å².